The van der Waals surface area contributed by atoms with E-state index in [4.69, 9.17) is 26.1 Å². The lowest BCUT2D eigenvalue weighted by atomic mass is 10.1. The molecule has 1 heterocycles. The second-order valence-electron chi connectivity index (χ2n) is 7.33. The van der Waals surface area contributed by atoms with Gasteiger partial charge in [-0.05, 0) is 60.2 Å². The molecule has 0 saturated heterocycles. The van der Waals surface area contributed by atoms with E-state index < -0.39 is 0 Å². The number of ether oxygens (including phenoxy) is 2. The second-order valence-corrected chi connectivity index (χ2v) is 7.74. The molecular formula is C25H22ClN3O4. The summed E-state index contributed by atoms with van der Waals surface area (Å²) in [6, 6.07) is 19.6. The van der Waals surface area contributed by atoms with Crippen molar-refractivity contribution in [2.75, 3.05) is 31.0 Å². The van der Waals surface area contributed by atoms with Gasteiger partial charge in [0, 0.05) is 5.69 Å². The van der Waals surface area contributed by atoms with Gasteiger partial charge in [-0.15, -0.1) is 0 Å². The predicted molar refractivity (Wildman–Crippen MR) is 129 cm³/mol. The molecule has 1 aliphatic rings. The van der Waals surface area contributed by atoms with Gasteiger partial charge in [-0.3, -0.25) is 14.6 Å². The summed E-state index contributed by atoms with van der Waals surface area (Å²) in [5.41, 5.74) is 3.15. The molecule has 8 heteroatoms. The number of benzene rings is 3. The van der Waals surface area contributed by atoms with Gasteiger partial charge in [0.05, 0.1) is 42.7 Å². The van der Waals surface area contributed by atoms with Gasteiger partial charge in [0.15, 0.2) is 0 Å². The average molecular weight is 464 g/mol. The van der Waals surface area contributed by atoms with Crippen molar-refractivity contribution in [1.29, 1.82) is 0 Å². The number of fused-ring (bicyclic) bond motifs is 1. The highest BCUT2D eigenvalue weighted by Gasteiger charge is 2.26. The molecule has 0 aromatic heterocycles. The summed E-state index contributed by atoms with van der Waals surface area (Å²) in [6.45, 7) is -0.162. The first-order chi connectivity index (χ1) is 16.0. The van der Waals surface area contributed by atoms with Gasteiger partial charge in [0.1, 0.15) is 18.0 Å². The van der Waals surface area contributed by atoms with Crippen LogP contribution >= 0.6 is 11.6 Å². The van der Waals surface area contributed by atoms with Crippen molar-refractivity contribution in [2.45, 2.75) is 6.42 Å². The zero-order valence-electron chi connectivity index (χ0n) is 18.2. The van der Waals surface area contributed by atoms with Crippen LogP contribution in [0.15, 0.2) is 71.7 Å². The van der Waals surface area contributed by atoms with Crippen LogP contribution in [0.5, 0.6) is 11.5 Å². The van der Waals surface area contributed by atoms with Crippen molar-refractivity contribution in [3.63, 3.8) is 0 Å². The molecule has 0 aliphatic carbocycles. The van der Waals surface area contributed by atoms with Crippen LogP contribution in [-0.2, 0) is 9.59 Å². The number of hydrogen-bond donors (Lipinski definition) is 1. The summed E-state index contributed by atoms with van der Waals surface area (Å²) in [4.78, 5) is 32.2. The molecule has 0 unspecified atom stereocenters. The third-order valence-corrected chi connectivity index (χ3v) is 5.50. The maximum absolute atomic E-state index is 13.2. The van der Waals surface area contributed by atoms with E-state index in [0.29, 0.717) is 33.5 Å². The van der Waals surface area contributed by atoms with Crippen molar-refractivity contribution >= 4 is 46.2 Å². The minimum atomic E-state index is -0.354. The van der Waals surface area contributed by atoms with Gasteiger partial charge >= 0.3 is 0 Å². The topological polar surface area (TPSA) is 80.2 Å². The highest BCUT2D eigenvalue weighted by atomic mass is 35.5. The van der Waals surface area contributed by atoms with Gasteiger partial charge in [0.25, 0.3) is 0 Å². The molecule has 0 fully saturated rings. The largest absolute Gasteiger partial charge is 0.497 e. The van der Waals surface area contributed by atoms with Crippen LogP contribution in [0.3, 0.4) is 0 Å². The molecule has 0 atom stereocenters. The van der Waals surface area contributed by atoms with E-state index in [9.17, 15) is 9.59 Å². The lowest BCUT2D eigenvalue weighted by Crippen LogP contribution is -2.38. The molecule has 0 bridgehead atoms. The molecular weight excluding hydrogens is 442 g/mol. The van der Waals surface area contributed by atoms with Gasteiger partial charge in [-0.2, -0.15) is 0 Å². The number of nitrogens with zero attached hydrogens (tertiary/aromatic N) is 2. The second kappa shape index (κ2) is 9.75. The Morgan fingerprint density at radius 3 is 2.52 bits per heavy atom. The molecule has 1 N–H and O–H groups in total. The van der Waals surface area contributed by atoms with Crippen LogP contribution in [-0.4, -0.2) is 38.3 Å². The number of carbonyl (C=O) groups excluding carboxylic acids is 2. The maximum atomic E-state index is 13.2. The standard InChI is InChI=1S/C25H22ClN3O4/c1-32-18-10-7-16(8-11-18)21-14-25(31)29(22-6-4-3-5-20(22)28-21)15-24(30)27-17-9-12-23(33-2)19(26)13-17/h3-13H,14-15H2,1-2H3,(H,27,30). The Morgan fingerprint density at radius 1 is 1.06 bits per heavy atom. The Hall–Kier alpha value is -3.84. The fourth-order valence-corrected chi connectivity index (χ4v) is 3.81. The number of amides is 2. The molecule has 2 amide bonds. The Bertz CT molecular complexity index is 1220. The SMILES string of the molecule is COc1ccc(C2=Nc3ccccc3N(CC(=O)Nc3ccc(OC)c(Cl)c3)C(=O)C2)cc1. The van der Waals surface area contributed by atoms with Gasteiger partial charge in [-0.1, -0.05) is 23.7 Å². The molecule has 0 saturated carbocycles. The van der Waals surface area contributed by atoms with E-state index in [-0.39, 0.29) is 24.8 Å². The van der Waals surface area contributed by atoms with Gasteiger partial charge in [0.2, 0.25) is 11.8 Å². The van der Waals surface area contributed by atoms with E-state index >= 15 is 0 Å². The molecule has 168 valence electrons. The molecule has 0 radical (unpaired) electrons. The van der Waals surface area contributed by atoms with Crippen LogP contribution in [0.4, 0.5) is 17.1 Å². The van der Waals surface area contributed by atoms with E-state index in [2.05, 4.69) is 5.32 Å². The quantitative estimate of drug-likeness (QED) is 0.566. The van der Waals surface area contributed by atoms with Crippen LogP contribution in [0.25, 0.3) is 0 Å². The molecule has 4 rings (SSSR count). The van der Waals surface area contributed by atoms with Crippen LogP contribution < -0.4 is 19.7 Å². The molecule has 0 spiro atoms. The third kappa shape index (κ3) is 4.99. The molecule has 33 heavy (non-hydrogen) atoms. The lowest BCUT2D eigenvalue weighted by Gasteiger charge is -2.22. The Labute approximate surface area is 196 Å². The zero-order chi connectivity index (χ0) is 23.4. The first kappa shape index (κ1) is 22.4. The highest BCUT2D eigenvalue weighted by molar-refractivity contribution is 6.32. The summed E-state index contributed by atoms with van der Waals surface area (Å²) in [6.07, 6.45) is 0.0582. The van der Waals surface area contributed by atoms with Crippen molar-refractivity contribution in [3.05, 3.63) is 77.3 Å². The summed E-state index contributed by atoms with van der Waals surface area (Å²) >= 11 is 6.15. The summed E-state index contributed by atoms with van der Waals surface area (Å²) < 4.78 is 10.3. The maximum Gasteiger partial charge on any atom is 0.244 e. The Morgan fingerprint density at radius 2 is 1.82 bits per heavy atom. The molecule has 1 aliphatic heterocycles. The molecule has 3 aromatic carbocycles. The number of nitrogens with one attached hydrogen (secondary N) is 1. The van der Waals surface area contributed by atoms with Crippen molar-refractivity contribution in [1.82, 2.24) is 0 Å². The van der Waals surface area contributed by atoms with E-state index in [1.165, 1.54) is 12.0 Å². The fraction of sp³-hybridized carbons (Fsp3) is 0.160. The van der Waals surface area contributed by atoms with Crippen molar-refractivity contribution in [2.24, 2.45) is 4.99 Å². The summed E-state index contributed by atoms with van der Waals surface area (Å²) in [5.74, 6) is 0.649. The zero-order valence-corrected chi connectivity index (χ0v) is 18.9. The van der Waals surface area contributed by atoms with Crippen LogP contribution in [0.1, 0.15) is 12.0 Å². The summed E-state index contributed by atoms with van der Waals surface area (Å²) in [5, 5.41) is 3.16. The monoisotopic (exact) mass is 463 g/mol. The minimum Gasteiger partial charge on any atom is -0.497 e. The number of carbonyl (C=O) groups is 2. The molecule has 7 nitrogen and oxygen atoms in total. The number of methoxy groups -OCH3 is 2. The third-order valence-electron chi connectivity index (χ3n) is 5.21. The Balaban J connectivity index is 1.57. The normalized spacial score (nSPS) is 13.0. The summed E-state index contributed by atoms with van der Waals surface area (Å²) in [7, 11) is 3.12. The number of hydrogen-bond acceptors (Lipinski definition) is 5. The van der Waals surface area contributed by atoms with Crippen LogP contribution in [0, 0.1) is 0 Å². The van der Waals surface area contributed by atoms with Gasteiger partial charge in [-0.25, -0.2) is 0 Å². The smallest absolute Gasteiger partial charge is 0.244 e. The van der Waals surface area contributed by atoms with Gasteiger partial charge < -0.3 is 19.7 Å². The Kier molecular flexibility index (Phi) is 6.60. The average Bonchev–Trinajstić information content (AvgIpc) is 2.96. The van der Waals surface area contributed by atoms with Crippen molar-refractivity contribution in [3.8, 4) is 11.5 Å². The number of halogens is 1. The lowest BCUT2D eigenvalue weighted by molar-refractivity contribution is -0.120. The first-order valence-corrected chi connectivity index (χ1v) is 10.6. The van der Waals surface area contributed by atoms with E-state index in [1.54, 1.807) is 31.4 Å². The number of rotatable bonds is 6. The first-order valence-electron chi connectivity index (χ1n) is 10.2. The number of aliphatic imine (C=N–C) groups is 1. The number of para-hydroxylation sites is 2. The molecule has 3 aromatic rings. The predicted octanol–water partition coefficient (Wildman–Crippen LogP) is 4.85. The number of anilines is 2. The van der Waals surface area contributed by atoms with Crippen LogP contribution in [0.2, 0.25) is 5.02 Å². The van der Waals surface area contributed by atoms with E-state index in [1.807, 2.05) is 42.5 Å². The van der Waals surface area contributed by atoms with E-state index in [0.717, 1.165) is 11.3 Å². The van der Waals surface area contributed by atoms with Crippen molar-refractivity contribution < 1.29 is 19.1 Å². The highest BCUT2D eigenvalue weighted by Crippen LogP contribution is 2.33. The fourth-order valence-electron chi connectivity index (χ4n) is 3.56. The minimum absolute atomic E-state index is 0.0582.